The van der Waals surface area contributed by atoms with Crippen molar-refractivity contribution in [1.82, 2.24) is 9.80 Å². The van der Waals surface area contributed by atoms with Crippen molar-refractivity contribution in [3.8, 4) is 17.6 Å². The van der Waals surface area contributed by atoms with Gasteiger partial charge >= 0.3 is 0 Å². The Bertz CT molecular complexity index is 964. The van der Waals surface area contributed by atoms with E-state index in [0.29, 0.717) is 35.4 Å². The SMILES string of the molecule is COc1cc([C@H]2CC(=O)N3CN(Cc4ccco4)CSC3=C2C#N)ccc1O. The highest BCUT2D eigenvalue weighted by Gasteiger charge is 2.38. The van der Waals surface area contributed by atoms with Gasteiger partial charge in [0, 0.05) is 12.3 Å². The first-order valence-corrected chi connectivity index (χ1v) is 9.78. The Hall–Kier alpha value is -2.89. The summed E-state index contributed by atoms with van der Waals surface area (Å²) < 4.78 is 10.6. The van der Waals surface area contributed by atoms with Crippen LogP contribution in [0.3, 0.4) is 0 Å². The number of carbonyl (C=O) groups is 1. The number of thioether (sulfide) groups is 1. The zero-order valence-corrected chi connectivity index (χ0v) is 16.1. The maximum atomic E-state index is 12.9. The van der Waals surface area contributed by atoms with Crippen molar-refractivity contribution in [1.29, 1.82) is 5.26 Å². The number of aromatic hydroxyl groups is 1. The number of phenolic OH excluding ortho intramolecular Hbond substituents is 1. The Kier molecular flexibility index (Phi) is 5.03. The molecule has 144 valence electrons. The zero-order chi connectivity index (χ0) is 19.7. The van der Waals surface area contributed by atoms with Crippen LogP contribution in [0.15, 0.2) is 51.6 Å². The highest BCUT2D eigenvalue weighted by molar-refractivity contribution is 8.03. The fourth-order valence-electron chi connectivity index (χ4n) is 3.53. The molecule has 1 N–H and O–H groups in total. The number of ether oxygens (including phenoxy) is 1. The Morgan fingerprint density at radius 1 is 1.43 bits per heavy atom. The normalized spacial score (nSPS) is 20.1. The van der Waals surface area contributed by atoms with E-state index >= 15 is 0 Å². The van der Waals surface area contributed by atoms with Gasteiger partial charge in [0.1, 0.15) is 5.76 Å². The molecule has 2 aliphatic heterocycles. The van der Waals surface area contributed by atoms with Crippen LogP contribution >= 0.6 is 11.8 Å². The van der Waals surface area contributed by atoms with E-state index in [4.69, 9.17) is 9.15 Å². The average molecular weight is 397 g/mol. The molecule has 1 aromatic heterocycles. The number of hydrogen-bond donors (Lipinski definition) is 1. The summed E-state index contributed by atoms with van der Waals surface area (Å²) in [6, 6.07) is 11.0. The smallest absolute Gasteiger partial charge is 0.229 e. The summed E-state index contributed by atoms with van der Waals surface area (Å²) in [6.07, 6.45) is 1.84. The number of nitrogens with zero attached hydrogens (tertiary/aromatic N) is 3. The number of fused-ring (bicyclic) bond motifs is 1. The zero-order valence-electron chi connectivity index (χ0n) is 15.3. The van der Waals surface area contributed by atoms with E-state index < -0.39 is 0 Å². The maximum absolute atomic E-state index is 12.9. The molecule has 1 saturated heterocycles. The van der Waals surface area contributed by atoms with Crippen LogP contribution in [0.25, 0.3) is 0 Å². The molecular weight excluding hydrogens is 378 g/mol. The summed E-state index contributed by atoms with van der Waals surface area (Å²) in [5.41, 5.74) is 1.36. The summed E-state index contributed by atoms with van der Waals surface area (Å²) in [4.78, 5) is 16.7. The van der Waals surface area contributed by atoms with Gasteiger partial charge in [0.15, 0.2) is 11.5 Å². The van der Waals surface area contributed by atoms with E-state index in [2.05, 4.69) is 11.0 Å². The van der Waals surface area contributed by atoms with Gasteiger partial charge in [-0.3, -0.25) is 14.6 Å². The molecule has 3 heterocycles. The van der Waals surface area contributed by atoms with Gasteiger partial charge in [-0.15, -0.1) is 0 Å². The Morgan fingerprint density at radius 3 is 3.00 bits per heavy atom. The molecule has 1 fully saturated rings. The van der Waals surface area contributed by atoms with E-state index in [1.54, 1.807) is 23.3 Å². The number of hydrogen-bond acceptors (Lipinski definition) is 7. The third-order valence-electron chi connectivity index (χ3n) is 4.92. The van der Waals surface area contributed by atoms with E-state index in [9.17, 15) is 15.2 Å². The van der Waals surface area contributed by atoms with Crippen molar-refractivity contribution in [3.63, 3.8) is 0 Å². The molecule has 1 amide bonds. The van der Waals surface area contributed by atoms with Gasteiger partial charge in [-0.05, 0) is 29.8 Å². The lowest BCUT2D eigenvalue weighted by Crippen LogP contribution is -2.46. The number of phenols is 1. The Labute approximate surface area is 166 Å². The molecule has 7 nitrogen and oxygen atoms in total. The topological polar surface area (TPSA) is 89.9 Å². The van der Waals surface area contributed by atoms with Crippen LogP contribution in [-0.2, 0) is 11.3 Å². The number of carbonyl (C=O) groups excluding carboxylic acids is 1. The molecule has 0 spiro atoms. The predicted molar refractivity (Wildman–Crippen MR) is 103 cm³/mol. The molecule has 0 radical (unpaired) electrons. The first-order valence-electron chi connectivity index (χ1n) is 8.79. The van der Waals surface area contributed by atoms with Crippen LogP contribution in [-0.4, -0.2) is 40.5 Å². The molecular formula is C20H19N3O4S. The fraction of sp³-hybridized carbons (Fsp3) is 0.300. The van der Waals surface area contributed by atoms with Crippen molar-refractivity contribution in [2.45, 2.75) is 18.9 Å². The first kappa shape index (κ1) is 18.5. The van der Waals surface area contributed by atoms with Crippen molar-refractivity contribution in [2.75, 3.05) is 19.7 Å². The minimum Gasteiger partial charge on any atom is -0.504 e. The number of furan rings is 1. The maximum Gasteiger partial charge on any atom is 0.229 e. The molecule has 1 atom stereocenters. The van der Waals surface area contributed by atoms with E-state index in [-0.39, 0.29) is 24.0 Å². The molecule has 0 saturated carbocycles. The Morgan fingerprint density at radius 2 is 2.29 bits per heavy atom. The molecule has 0 bridgehead atoms. The molecule has 4 rings (SSSR count). The highest BCUT2D eigenvalue weighted by atomic mass is 32.2. The quantitative estimate of drug-likeness (QED) is 0.847. The largest absolute Gasteiger partial charge is 0.504 e. The molecule has 2 aromatic rings. The van der Waals surface area contributed by atoms with E-state index in [1.165, 1.54) is 24.9 Å². The third kappa shape index (κ3) is 3.35. The summed E-state index contributed by atoms with van der Waals surface area (Å²) in [7, 11) is 1.47. The fourth-order valence-corrected chi connectivity index (χ4v) is 4.66. The standard InChI is InChI=1S/C20H19N3O4S/c1-26-18-7-13(4-5-17(18)24)15-8-19(25)23-11-22(10-14-3-2-6-27-14)12-28-20(23)16(15)9-21/h2-7,15,24H,8,10-12H2,1H3/t15-/m1/s1. The lowest BCUT2D eigenvalue weighted by atomic mass is 9.86. The van der Waals surface area contributed by atoms with Crippen LogP contribution in [0.1, 0.15) is 23.7 Å². The molecule has 28 heavy (non-hydrogen) atoms. The van der Waals surface area contributed by atoms with Crippen molar-refractivity contribution < 1.29 is 19.1 Å². The van der Waals surface area contributed by atoms with Gasteiger partial charge in [-0.1, -0.05) is 17.8 Å². The second-order valence-electron chi connectivity index (χ2n) is 6.66. The van der Waals surface area contributed by atoms with Gasteiger partial charge in [0.05, 0.1) is 49.1 Å². The number of allylic oxidation sites excluding steroid dienone is 1. The van der Waals surface area contributed by atoms with Gasteiger partial charge in [0.25, 0.3) is 0 Å². The summed E-state index contributed by atoms with van der Waals surface area (Å²) in [5, 5.41) is 20.4. The van der Waals surface area contributed by atoms with Gasteiger partial charge in [-0.25, -0.2) is 0 Å². The van der Waals surface area contributed by atoms with Crippen LogP contribution in [0.4, 0.5) is 0 Å². The third-order valence-corrected chi connectivity index (χ3v) is 6.12. The monoisotopic (exact) mass is 397 g/mol. The minimum atomic E-state index is -0.345. The number of nitriles is 1. The number of benzene rings is 1. The van der Waals surface area contributed by atoms with Crippen LogP contribution < -0.4 is 4.74 Å². The lowest BCUT2D eigenvalue weighted by molar-refractivity contribution is -0.132. The van der Waals surface area contributed by atoms with Gasteiger partial charge in [0.2, 0.25) is 5.91 Å². The summed E-state index contributed by atoms with van der Waals surface area (Å²) in [6.45, 7) is 1.04. The molecule has 1 aromatic carbocycles. The van der Waals surface area contributed by atoms with E-state index in [1.807, 2.05) is 12.1 Å². The van der Waals surface area contributed by atoms with Crippen LogP contribution in [0, 0.1) is 11.3 Å². The van der Waals surface area contributed by atoms with Crippen LogP contribution in [0.5, 0.6) is 11.5 Å². The van der Waals surface area contributed by atoms with Gasteiger partial charge in [-0.2, -0.15) is 5.26 Å². The Balaban J connectivity index is 1.62. The second kappa shape index (κ2) is 7.62. The summed E-state index contributed by atoms with van der Waals surface area (Å²) >= 11 is 1.49. The van der Waals surface area contributed by atoms with Crippen LogP contribution in [0.2, 0.25) is 0 Å². The van der Waals surface area contributed by atoms with E-state index in [0.717, 1.165) is 11.3 Å². The first-order chi connectivity index (χ1) is 13.6. The van der Waals surface area contributed by atoms with Crippen molar-refractivity contribution in [3.05, 3.63) is 58.5 Å². The molecule has 2 aliphatic rings. The van der Waals surface area contributed by atoms with Crippen molar-refractivity contribution >= 4 is 17.7 Å². The predicted octanol–water partition coefficient (Wildman–Crippen LogP) is 3.21. The average Bonchev–Trinajstić information content (AvgIpc) is 3.21. The van der Waals surface area contributed by atoms with Crippen molar-refractivity contribution in [2.24, 2.45) is 0 Å². The molecule has 0 unspecified atom stereocenters. The lowest BCUT2D eigenvalue weighted by Gasteiger charge is -2.41. The number of methoxy groups -OCH3 is 1. The minimum absolute atomic E-state index is 0.0253. The van der Waals surface area contributed by atoms with Gasteiger partial charge < -0.3 is 14.3 Å². The highest BCUT2D eigenvalue weighted by Crippen LogP contribution is 2.44. The molecule has 0 aliphatic carbocycles. The second-order valence-corrected chi connectivity index (χ2v) is 7.60. The number of rotatable bonds is 4. The summed E-state index contributed by atoms with van der Waals surface area (Å²) in [5.74, 6) is 1.49. The number of amides is 1. The molecule has 8 heteroatoms.